The van der Waals surface area contributed by atoms with Gasteiger partial charge in [0.1, 0.15) is 12.4 Å². The van der Waals surface area contributed by atoms with Gasteiger partial charge in [0.2, 0.25) is 6.79 Å². The van der Waals surface area contributed by atoms with E-state index in [9.17, 15) is 4.79 Å². The van der Waals surface area contributed by atoms with Crippen molar-refractivity contribution in [2.24, 2.45) is 5.10 Å². The molecule has 0 N–H and O–H groups in total. The molecule has 0 spiro atoms. The number of hydrogen-bond donors (Lipinski definition) is 0. The maximum Gasteiger partial charge on any atom is 0.282 e. The zero-order chi connectivity index (χ0) is 26.8. The maximum atomic E-state index is 13.5. The van der Waals surface area contributed by atoms with Crippen LogP contribution in [0.2, 0.25) is 5.02 Å². The molecule has 39 heavy (non-hydrogen) atoms. The lowest BCUT2D eigenvalue weighted by molar-refractivity contribution is 0.174. The topological polar surface area (TPSA) is 84.2 Å². The number of fused-ring (bicyclic) bond motifs is 2. The number of benzene rings is 3. The standard InChI is InChI=1S/C30H28ClN3O5/c1-36-27-15-20(13-23(31)28(27)37-17-19-11-12-25-26(14-19)39-18-38-25)16-32-34-29(21-7-3-2-4-8-21)33-24-10-6-5-9-22(24)30(34)35/h5-6,9-16,21H,2-4,7-8,17-18H2,1H3. The fourth-order valence-corrected chi connectivity index (χ4v) is 5.42. The lowest BCUT2D eigenvalue weighted by atomic mass is 9.88. The summed E-state index contributed by atoms with van der Waals surface area (Å²) in [7, 11) is 1.55. The minimum Gasteiger partial charge on any atom is -0.493 e. The van der Waals surface area contributed by atoms with E-state index in [0.29, 0.717) is 50.3 Å². The number of methoxy groups -OCH3 is 1. The van der Waals surface area contributed by atoms with Gasteiger partial charge in [0.15, 0.2) is 23.0 Å². The van der Waals surface area contributed by atoms with Gasteiger partial charge in [-0.15, -0.1) is 0 Å². The third-order valence-corrected chi connectivity index (χ3v) is 7.42. The van der Waals surface area contributed by atoms with E-state index in [1.165, 1.54) is 11.1 Å². The molecule has 2 aliphatic rings. The Morgan fingerprint density at radius 3 is 2.74 bits per heavy atom. The van der Waals surface area contributed by atoms with Crippen LogP contribution in [0.25, 0.3) is 10.9 Å². The van der Waals surface area contributed by atoms with Gasteiger partial charge >= 0.3 is 0 Å². The van der Waals surface area contributed by atoms with Crippen LogP contribution in [0, 0.1) is 0 Å². The molecule has 200 valence electrons. The van der Waals surface area contributed by atoms with Gasteiger partial charge in [-0.25, -0.2) is 4.98 Å². The first-order valence-corrected chi connectivity index (χ1v) is 13.4. The Balaban J connectivity index is 1.30. The van der Waals surface area contributed by atoms with Gasteiger partial charge in [0, 0.05) is 5.92 Å². The quantitative estimate of drug-likeness (QED) is 0.253. The molecular formula is C30H28ClN3O5. The lowest BCUT2D eigenvalue weighted by Gasteiger charge is -2.22. The summed E-state index contributed by atoms with van der Waals surface area (Å²) in [5, 5.41) is 5.52. The summed E-state index contributed by atoms with van der Waals surface area (Å²) in [6.45, 7) is 0.481. The second kappa shape index (κ2) is 11.0. The molecule has 0 bridgehead atoms. The third-order valence-electron chi connectivity index (χ3n) is 7.14. The fraction of sp³-hybridized carbons (Fsp3) is 0.300. The number of ether oxygens (including phenoxy) is 4. The second-order valence-corrected chi connectivity index (χ2v) is 10.1. The van der Waals surface area contributed by atoms with E-state index >= 15 is 0 Å². The highest BCUT2D eigenvalue weighted by Crippen LogP contribution is 2.38. The van der Waals surface area contributed by atoms with Crippen LogP contribution < -0.4 is 24.5 Å². The van der Waals surface area contributed by atoms with E-state index < -0.39 is 0 Å². The Hall–Kier alpha value is -4.04. The maximum absolute atomic E-state index is 13.5. The predicted octanol–water partition coefficient (Wildman–Crippen LogP) is 6.30. The van der Waals surface area contributed by atoms with Crippen molar-refractivity contribution in [3.63, 3.8) is 0 Å². The molecule has 0 unspecified atom stereocenters. The molecule has 0 radical (unpaired) electrons. The number of nitrogens with zero attached hydrogens (tertiary/aromatic N) is 3. The minimum absolute atomic E-state index is 0.181. The first kappa shape index (κ1) is 25.2. The summed E-state index contributed by atoms with van der Waals surface area (Å²) in [6, 6.07) is 16.6. The Morgan fingerprint density at radius 1 is 1.08 bits per heavy atom. The summed E-state index contributed by atoms with van der Waals surface area (Å²) in [4.78, 5) is 18.3. The van der Waals surface area contributed by atoms with Gasteiger partial charge < -0.3 is 18.9 Å². The molecule has 1 fully saturated rings. The van der Waals surface area contributed by atoms with E-state index in [2.05, 4.69) is 5.10 Å². The Kier molecular flexibility index (Phi) is 7.11. The number of hydrogen-bond acceptors (Lipinski definition) is 7. The summed E-state index contributed by atoms with van der Waals surface area (Å²) in [5.74, 6) is 3.18. The van der Waals surface area contributed by atoms with Crippen molar-refractivity contribution in [1.82, 2.24) is 9.66 Å². The van der Waals surface area contributed by atoms with Crippen molar-refractivity contribution in [2.75, 3.05) is 13.9 Å². The zero-order valence-electron chi connectivity index (χ0n) is 21.6. The molecule has 8 nitrogen and oxygen atoms in total. The SMILES string of the molecule is COc1cc(C=Nn2c(C3CCCCC3)nc3ccccc3c2=O)cc(Cl)c1OCc1ccc2c(c1)OCO2. The van der Waals surface area contributed by atoms with Crippen molar-refractivity contribution in [3.8, 4) is 23.0 Å². The van der Waals surface area contributed by atoms with Crippen molar-refractivity contribution in [2.45, 2.75) is 44.6 Å². The molecule has 1 saturated carbocycles. The van der Waals surface area contributed by atoms with Crippen LogP contribution in [0.3, 0.4) is 0 Å². The highest BCUT2D eigenvalue weighted by molar-refractivity contribution is 6.32. The highest BCUT2D eigenvalue weighted by atomic mass is 35.5. The molecule has 4 aromatic rings. The van der Waals surface area contributed by atoms with Crippen LogP contribution in [0.15, 0.2) is 64.5 Å². The summed E-state index contributed by atoms with van der Waals surface area (Å²) in [6.07, 6.45) is 7.05. The molecule has 2 heterocycles. The summed E-state index contributed by atoms with van der Waals surface area (Å²) in [5.41, 5.74) is 2.09. The molecule has 1 aliphatic carbocycles. The monoisotopic (exact) mass is 545 g/mol. The van der Waals surface area contributed by atoms with Gasteiger partial charge in [0.05, 0.1) is 29.2 Å². The van der Waals surface area contributed by atoms with Gasteiger partial charge in [-0.2, -0.15) is 9.78 Å². The van der Waals surface area contributed by atoms with Crippen LogP contribution in [0.1, 0.15) is 55.0 Å². The minimum atomic E-state index is -0.181. The molecule has 9 heteroatoms. The zero-order valence-corrected chi connectivity index (χ0v) is 22.3. The van der Waals surface area contributed by atoms with E-state index in [0.717, 1.165) is 31.2 Å². The van der Waals surface area contributed by atoms with Crippen molar-refractivity contribution >= 4 is 28.7 Å². The van der Waals surface area contributed by atoms with Crippen LogP contribution in [-0.4, -0.2) is 29.8 Å². The molecule has 0 atom stereocenters. The number of para-hydroxylation sites is 1. The molecule has 3 aromatic carbocycles. The van der Waals surface area contributed by atoms with Crippen LogP contribution in [0.5, 0.6) is 23.0 Å². The third kappa shape index (κ3) is 5.16. The van der Waals surface area contributed by atoms with Crippen LogP contribution >= 0.6 is 11.6 Å². The Bertz CT molecular complexity index is 1610. The van der Waals surface area contributed by atoms with Crippen molar-refractivity contribution in [1.29, 1.82) is 0 Å². The van der Waals surface area contributed by atoms with Gasteiger partial charge in [-0.3, -0.25) is 4.79 Å². The molecule has 0 amide bonds. The van der Waals surface area contributed by atoms with Gasteiger partial charge in [-0.05, 0) is 60.4 Å². The summed E-state index contributed by atoms with van der Waals surface area (Å²) < 4.78 is 23.9. The number of rotatable bonds is 7. The molecule has 1 aliphatic heterocycles. The smallest absolute Gasteiger partial charge is 0.282 e. The normalized spacial score (nSPS) is 15.2. The fourth-order valence-electron chi connectivity index (χ4n) is 5.14. The predicted molar refractivity (Wildman–Crippen MR) is 150 cm³/mol. The van der Waals surface area contributed by atoms with Crippen molar-refractivity contribution < 1.29 is 18.9 Å². The average Bonchev–Trinajstić information content (AvgIpc) is 3.44. The first-order valence-electron chi connectivity index (χ1n) is 13.1. The van der Waals surface area contributed by atoms with E-state index in [1.807, 2.05) is 36.4 Å². The molecule has 0 saturated heterocycles. The van der Waals surface area contributed by atoms with E-state index in [1.54, 1.807) is 31.5 Å². The molecule has 1 aromatic heterocycles. The highest BCUT2D eigenvalue weighted by Gasteiger charge is 2.22. The Morgan fingerprint density at radius 2 is 1.90 bits per heavy atom. The van der Waals surface area contributed by atoms with Gasteiger partial charge in [0.25, 0.3) is 5.56 Å². The van der Waals surface area contributed by atoms with Gasteiger partial charge in [-0.1, -0.05) is 49.1 Å². The lowest BCUT2D eigenvalue weighted by Crippen LogP contribution is -2.25. The van der Waals surface area contributed by atoms with Crippen molar-refractivity contribution in [3.05, 3.63) is 86.9 Å². The van der Waals surface area contributed by atoms with E-state index in [4.69, 9.17) is 35.5 Å². The second-order valence-electron chi connectivity index (χ2n) is 9.69. The van der Waals surface area contributed by atoms with Crippen LogP contribution in [-0.2, 0) is 6.61 Å². The largest absolute Gasteiger partial charge is 0.493 e. The summed E-state index contributed by atoms with van der Waals surface area (Å²) >= 11 is 6.63. The van der Waals surface area contributed by atoms with Crippen LogP contribution in [0.4, 0.5) is 0 Å². The Labute approximate surface area is 230 Å². The van der Waals surface area contributed by atoms with E-state index in [-0.39, 0.29) is 24.9 Å². The molecule has 6 rings (SSSR count). The first-order chi connectivity index (χ1) is 19.1. The number of aromatic nitrogens is 2. The molecular weight excluding hydrogens is 518 g/mol. The number of halogens is 1. The average molecular weight is 546 g/mol.